The van der Waals surface area contributed by atoms with Crippen molar-refractivity contribution in [2.45, 2.75) is 13.0 Å². The van der Waals surface area contributed by atoms with Gasteiger partial charge in [-0.3, -0.25) is 9.69 Å². The Labute approximate surface area is 107 Å². The van der Waals surface area contributed by atoms with Crippen LogP contribution in [0.3, 0.4) is 0 Å². The van der Waals surface area contributed by atoms with Crippen molar-refractivity contribution >= 4 is 21.9 Å². The summed E-state index contributed by atoms with van der Waals surface area (Å²) < 4.78 is 14.3. The van der Waals surface area contributed by atoms with Crippen LogP contribution in [0.15, 0.2) is 22.7 Å². The Kier molecular flexibility index (Phi) is 3.79. The summed E-state index contributed by atoms with van der Waals surface area (Å²) in [7, 11) is 0. The molecule has 1 fully saturated rings. The van der Waals surface area contributed by atoms with Gasteiger partial charge in [0.2, 0.25) is 0 Å². The first-order chi connectivity index (χ1) is 8.06. The molecule has 0 unspecified atom stereocenters. The van der Waals surface area contributed by atoms with Crippen molar-refractivity contribution in [2.24, 2.45) is 5.92 Å². The van der Waals surface area contributed by atoms with Gasteiger partial charge in [0.05, 0.1) is 5.92 Å². The smallest absolute Gasteiger partial charge is 0.307 e. The Bertz CT molecular complexity index is 439. The maximum atomic E-state index is 13.6. The number of hydrogen-bond acceptors (Lipinski definition) is 2. The van der Waals surface area contributed by atoms with Crippen LogP contribution in [-0.2, 0) is 11.3 Å². The van der Waals surface area contributed by atoms with E-state index in [-0.39, 0.29) is 11.7 Å². The molecule has 92 valence electrons. The first kappa shape index (κ1) is 12.5. The molecule has 1 saturated heterocycles. The molecule has 0 saturated carbocycles. The molecule has 1 N–H and O–H groups in total. The van der Waals surface area contributed by atoms with Crippen LogP contribution in [0.25, 0.3) is 0 Å². The molecule has 3 nitrogen and oxygen atoms in total. The molecule has 0 amide bonds. The Hall–Kier alpha value is -0.940. The van der Waals surface area contributed by atoms with Crippen LogP contribution in [-0.4, -0.2) is 29.1 Å². The van der Waals surface area contributed by atoms with Gasteiger partial charge in [0, 0.05) is 23.1 Å². The predicted molar refractivity (Wildman–Crippen MR) is 65.1 cm³/mol. The number of aliphatic carboxylic acids is 1. The zero-order valence-electron chi connectivity index (χ0n) is 9.20. The maximum Gasteiger partial charge on any atom is 0.307 e. The topological polar surface area (TPSA) is 40.5 Å². The quantitative estimate of drug-likeness (QED) is 0.932. The average Bonchev–Trinajstić information content (AvgIpc) is 2.71. The highest BCUT2D eigenvalue weighted by Gasteiger charge is 2.28. The number of likely N-dealkylation sites (tertiary alicyclic amines) is 1. The number of benzene rings is 1. The van der Waals surface area contributed by atoms with Crippen molar-refractivity contribution < 1.29 is 14.3 Å². The van der Waals surface area contributed by atoms with E-state index in [1.165, 1.54) is 6.07 Å². The molecule has 1 aromatic carbocycles. The zero-order valence-corrected chi connectivity index (χ0v) is 10.8. The van der Waals surface area contributed by atoms with Crippen LogP contribution in [0.4, 0.5) is 4.39 Å². The molecule has 1 heterocycles. The molecule has 1 atom stereocenters. The van der Waals surface area contributed by atoms with Crippen LogP contribution >= 0.6 is 15.9 Å². The van der Waals surface area contributed by atoms with Crippen molar-refractivity contribution in [2.75, 3.05) is 13.1 Å². The first-order valence-electron chi connectivity index (χ1n) is 5.45. The molecule has 0 bridgehead atoms. The molecule has 17 heavy (non-hydrogen) atoms. The van der Waals surface area contributed by atoms with Gasteiger partial charge in [0.25, 0.3) is 0 Å². The molecule has 0 spiro atoms. The SMILES string of the molecule is O=C(O)[C@H]1CCN(Cc2ccc(Br)cc2F)C1. The second kappa shape index (κ2) is 5.14. The van der Waals surface area contributed by atoms with Gasteiger partial charge in [0.15, 0.2) is 0 Å². The number of rotatable bonds is 3. The maximum absolute atomic E-state index is 13.6. The minimum Gasteiger partial charge on any atom is -0.481 e. The van der Waals surface area contributed by atoms with Gasteiger partial charge >= 0.3 is 5.97 Å². The summed E-state index contributed by atoms with van der Waals surface area (Å²) in [6, 6.07) is 4.96. The van der Waals surface area contributed by atoms with E-state index < -0.39 is 5.97 Å². The van der Waals surface area contributed by atoms with Crippen molar-refractivity contribution in [1.82, 2.24) is 4.90 Å². The van der Waals surface area contributed by atoms with Gasteiger partial charge < -0.3 is 5.11 Å². The zero-order chi connectivity index (χ0) is 12.4. The fraction of sp³-hybridized carbons (Fsp3) is 0.417. The minimum atomic E-state index is -0.760. The molecule has 1 aromatic rings. The number of nitrogens with zero attached hydrogens (tertiary/aromatic N) is 1. The largest absolute Gasteiger partial charge is 0.481 e. The monoisotopic (exact) mass is 301 g/mol. The Morgan fingerprint density at radius 3 is 2.94 bits per heavy atom. The molecular weight excluding hydrogens is 289 g/mol. The van der Waals surface area contributed by atoms with E-state index in [1.54, 1.807) is 12.1 Å². The van der Waals surface area contributed by atoms with Gasteiger partial charge in [-0.05, 0) is 25.1 Å². The fourth-order valence-electron chi connectivity index (χ4n) is 2.07. The second-order valence-electron chi connectivity index (χ2n) is 4.29. The van der Waals surface area contributed by atoms with Crippen LogP contribution in [0.2, 0.25) is 0 Å². The molecular formula is C12H13BrFNO2. The second-order valence-corrected chi connectivity index (χ2v) is 5.21. The summed E-state index contributed by atoms with van der Waals surface area (Å²) in [5.41, 5.74) is 0.610. The van der Waals surface area contributed by atoms with Crippen molar-refractivity contribution in [3.8, 4) is 0 Å². The molecule has 0 aliphatic carbocycles. The van der Waals surface area contributed by atoms with Crippen molar-refractivity contribution in [3.63, 3.8) is 0 Å². The van der Waals surface area contributed by atoms with E-state index >= 15 is 0 Å². The third-order valence-electron chi connectivity index (χ3n) is 3.03. The Morgan fingerprint density at radius 2 is 2.35 bits per heavy atom. The summed E-state index contributed by atoms with van der Waals surface area (Å²) >= 11 is 3.21. The summed E-state index contributed by atoms with van der Waals surface area (Å²) in [5.74, 6) is -1.32. The molecule has 0 radical (unpaired) electrons. The fourth-order valence-corrected chi connectivity index (χ4v) is 2.40. The normalized spacial score (nSPS) is 20.7. The van der Waals surface area contributed by atoms with Gasteiger partial charge in [-0.25, -0.2) is 4.39 Å². The molecule has 1 aliphatic heterocycles. The molecule has 5 heteroatoms. The lowest BCUT2D eigenvalue weighted by Crippen LogP contribution is -2.23. The van der Waals surface area contributed by atoms with E-state index in [0.29, 0.717) is 36.1 Å². The first-order valence-corrected chi connectivity index (χ1v) is 6.24. The number of carboxylic acids is 1. The van der Waals surface area contributed by atoms with Gasteiger partial charge in [-0.15, -0.1) is 0 Å². The highest BCUT2D eigenvalue weighted by molar-refractivity contribution is 9.10. The van der Waals surface area contributed by atoms with Crippen LogP contribution in [0, 0.1) is 11.7 Å². The van der Waals surface area contributed by atoms with E-state index in [4.69, 9.17) is 5.11 Å². The van der Waals surface area contributed by atoms with Crippen molar-refractivity contribution in [3.05, 3.63) is 34.1 Å². The van der Waals surface area contributed by atoms with Crippen LogP contribution in [0.1, 0.15) is 12.0 Å². The van der Waals surface area contributed by atoms with Crippen LogP contribution in [0.5, 0.6) is 0 Å². The average molecular weight is 302 g/mol. The standard InChI is InChI=1S/C12H13BrFNO2/c13-10-2-1-8(11(14)5-10)6-15-4-3-9(7-15)12(16)17/h1-2,5,9H,3-4,6-7H2,(H,16,17)/t9-/m0/s1. The van der Waals surface area contributed by atoms with Crippen LogP contribution < -0.4 is 0 Å². The summed E-state index contributed by atoms with van der Waals surface area (Å²) in [6.07, 6.45) is 0.646. The number of carbonyl (C=O) groups is 1. The Morgan fingerprint density at radius 1 is 1.59 bits per heavy atom. The van der Waals surface area contributed by atoms with Gasteiger partial charge in [-0.1, -0.05) is 22.0 Å². The highest BCUT2D eigenvalue weighted by Crippen LogP contribution is 2.21. The number of halogens is 2. The highest BCUT2D eigenvalue weighted by atomic mass is 79.9. The molecule has 1 aliphatic rings. The van der Waals surface area contributed by atoms with Gasteiger partial charge in [0.1, 0.15) is 5.82 Å². The minimum absolute atomic E-state index is 0.252. The molecule has 2 rings (SSSR count). The van der Waals surface area contributed by atoms with Crippen molar-refractivity contribution in [1.29, 1.82) is 0 Å². The number of hydrogen-bond donors (Lipinski definition) is 1. The van der Waals surface area contributed by atoms with E-state index in [9.17, 15) is 9.18 Å². The van der Waals surface area contributed by atoms with Gasteiger partial charge in [-0.2, -0.15) is 0 Å². The lowest BCUT2D eigenvalue weighted by molar-refractivity contribution is -0.141. The number of carboxylic acid groups (broad SMARTS) is 1. The third-order valence-corrected chi connectivity index (χ3v) is 3.52. The Balaban J connectivity index is 2.00. The van der Waals surface area contributed by atoms with E-state index in [0.717, 1.165) is 0 Å². The lowest BCUT2D eigenvalue weighted by Gasteiger charge is -2.15. The van der Waals surface area contributed by atoms with E-state index in [1.807, 2.05) is 4.90 Å². The third kappa shape index (κ3) is 3.04. The summed E-state index contributed by atoms with van der Waals surface area (Å²) in [4.78, 5) is 12.8. The van der Waals surface area contributed by atoms with E-state index in [2.05, 4.69) is 15.9 Å². The summed E-state index contributed by atoms with van der Waals surface area (Å²) in [6.45, 7) is 1.69. The lowest BCUT2D eigenvalue weighted by atomic mass is 10.1. The predicted octanol–water partition coefficient (Wildman–Crippen LogP) is 2.49. The summed E-state index contributed by atoms with van der Waals surface area (Å²) in [5, 5.41) is 8.88. The molecule has 0 aromatic heterocycles.